The number of benzene rings is 1. The fraction of sp³-hybridized carbons (Fsp3) is 0.462. The summed E-state index contributed by atoms with van der Waals surface area (Å²) in [6.07, 6.45) is 2.60. The molecule has 6 nitrogen and oxygen atoms in total. The van der Waals surface area contributed by atoms with Crippen molar-refractivity contribution in [3.63, 3.8) is 0 Å². The number of carbonyl (C=O) groups is 1. The highest BCUT2D eigenvalue weighted by molar-refractivity contribution is 7.67. The lowest BCUT2D eigenvalue weighted by atomic mass is 10.0. The number of nitrogens with one attached hydrogen (secondary N) is 1. The molecule has 0 atom stereocenters. The Morgan fingerprint density at radius 2 is 1.95 bits per heavy atom. The highest BCUT2D eigenvalue weighted by Crippen LogP contribution is 2.27. The zero-order valence-electron chi connectivity index (χ0n) is 11.0. The molecule has 0 saturated heterocycles. The van der Waals surface area contributed by atoms with Gasteiger partial charge in [-0.05, 0) is 30.9 Å². The van der Waals surface area contributed by atoms with Crippen LogP contribution >= 0.6 is 0 Å². The monoisotopic (exact) mass is 299 g/mol. The van der Waals surface area contributed by atoms with E-state index in [1.54, 1.807) is 0 Å². The number of anilines is 1. The Kier molecular flexibility index (Phi) is 5.37. The summed E-state index contributed by atoms with van der Waals surface area (Å²) in [6, 6.07) is 5.65. The standard InChI is InChI=1S/C13H17NO5S/c15-13-6-4-10-3-5-11(9-12(10)14-13)18-7-1-2-8-19-20(16)17/h3,5,9,20H,1-2,4,6-8H2,(H,14,15). The number of aryl methyl sites for hydroxylation is 1. The molecule has 1 aliphatic rings. The van der Waals surface area contributed by atoms with Gasteiger partial charge >= 0.3 is 0 Å². The van der Waals surface area contributed by atoms with Crippen molar-refractivity contribution in [2.45, 2.75) is 25.7 Å². The highest BCUT2D eigenvalue weighted by Gasteiger charge is 2.14. The third-order valence-corrected chi connectivity index (χ3v) is 3.37. The molecule has 0 radical (unpaired) electrons. The molecule has 1 heterocycles. The molecule has 1 aromatic carbocycles. The minimum atomic E-state index is -2.76. The van der Waals surface area contributed by atoms with Crippen molar-refractivity contribution in [2.75, 3.05) is 18.5 Å². The fourth-order valence-electron chi connectivity index (χ4n) is 1.97. The van der Waals surface area contributed by atoms with Gasteiger partial charge in [-0.1, -0.05) is 6.07 Å². The van der Waals surface area contributed by atoms with Gasteiger partial charge < -0.3 is 10.1 Å². The lowest BCUT2D eigenvalue weighted by Gasteiger charge is -2.17. The lowest BCUT2D eigenvalue weighted by molar-refractivity contribution is -0.116. The lowest BCUT2D eigenvalue weighted by Crippen LogP contribution is -2.18. The largest absolute Gasteiger partial charge is 0.494 e. The molecular formula is C13H17NO5S. The van der Waals surface area contributed by atoms with Crippen LogP contribution < -0.4 is 10.1 Å². The minimum Gasteiger partial charge on any atom is -0.494 e. The molecule has 1 aromatic rings. The summed E-state index contributed by atoms with van der Waals surface area (Å²) in [7, 11) is -2.76. The van der Waals surface area contributed by atoms with E-state index in [1.165, 1.54) is 0 Å². The van der Waals surface area contributed by atoms with Crippen molar-refractivity contribution >= 4 is 22.6 Å². The van der Waals surface area contributed by atoms with Crippen LogP contribution in [0.5, 0.6) is 5.75 Å². The summed E-state index contributed by atoms with van der Waals surface area (Å²) >= 11 is 0. The molecule has 0 aromatic heterocycles. The Labute approximate surface area is 119 Å². The molecule has 0 fully saturated rings. The Balaban J connectivity index is 1.76. The average molecular weight is 299 g/mol. The SMILES string of the molecule is O=C1CCc2ccc(OCCCCO[SH](=O)=O)cc2N1. The van der Waals surface area contributed by atoms with Gasteiger partial charge in [-0.3, -0.25) is 8.98 Å². The minimum absolute atomic E-state index is 0.0264. The van der Waals surface area contributed by atoms with E-state index in [0.29, 0.717) is 31.6 Å². The number of amides is 1. The molecule has 7 heteroatoms. The van der Waals surface area contributed by atoms with Gasteiger partial charge in [-0.25, -0.2) is 8.42 Å². The van der Waals surface area contributed by atoms with Crippen LogP contribution in [0.1, 0.15) is 24.8 Å². The Morgan fingerprint density at radius 3 is 2.75 bits per heavy atom. The number of hydrogen-bond acceptors (Lipinski definition) is 5. The third kappa shape index (κ3) is 4.50. The first-order valence-electron chi connectivity index (χ1n) is 6.48. The summed E-state index contributed by atoms with van der Waals surface area (Å²) in [6.45, 7) is 0.661. The second-order valence-corrected chi connectivity index (χ2v) is 5.18. The summed E-state index contributed by atoms with van der Waals surface area (Å²) < 4.78 is 30.3. The molecule has 0 unspecified atom stereocenters. The number of hydrogen-bond donors (Lipinski definition) is 2. The predicted molar refractivity (Wildman–Crippen MR) is 74.4 cm³/mol. The molecule has 0 bridgehead atoms. The van der Waals surface area contributed by atoms with Crippen LogP contribution in [-0.2, 0) is 26.4 Å². The van der Waals surface area contributed by atoms with E-state index in [4.69, 9.17) is 4.74 Å². The molecule has 1 N–H and O–H groups in total. The van der Waals surface area contributed by atoms with Gasteiger partial charge in [0, 0.05) is 18.2 Å². The van der Waals surface area contributed by atoms with E-state index in [0.717, 1.165) is 17.7 Å². The third-order valence-electron chi connectivity index (χ3n) is 2.98. The summed E-state index contributed by atoms with van der Waals surface area (Å²) in [4.78, 5) is 11.3. The molecule has 0 aliphatic carbocycles. The van der Waals surface area contributed by atoms with Crippen LogP contribution in [0.25, 0.3) is 0 Å². The molecule has 0 spiro atoms. The van der Waals surface area contributed by atoms with E-state index in [9.17, 15) is 13.2 Å². The smallest absolute Gasteiger partial charge is 0.257 e. The molecule has 1 amide bonds. The Bertz CT molecular complexity index is 548. The number of rotatable bonds is 7. The molecule has 20 heavy (non-hydrogen) atoms. The van der Waals surface area contributed by atoms with Gasteiger partial charge in [0.15, 0.2) is 0 Å². The van der Waals surface area contributed by atoms with Gasteiger partial charge in [-0.2, -0.15) is 0 Å². The summed E-state index contributed by atoms with van der Waals surface area (Å²) in [5, 5.41) is 2.82. The first kappa shape index (κ1) is 14.8. The Morgan fingerprint density at radius 1 is 1.15 bits per heavy atom. The number of fused-ring (bicyclic) bond motifs is 1. The van der Waals surface area contributed by atoms with Crippen LogP contribution in [0, 0.1) is 0 Å². The normalized spacial score (nSPS) is 13.9. The zero-order chi connectivity index (χ0) is 14.4. The van der Waals surface area contributed by atoms with Crippen molar-refractivity contribution in [1.29, 1.82) is 0 Å². The fourth-order valence-corrected chi connectivity index (χ4v) is 2.25. The van der Waals surface area contributed by atoms with Gasteiger partial charge in [0.2, 0.25) is 5.91 Å². The van der Waals surface area contributed by atoms with E-state index in [1.807, 2.05) is 18.2 Å². The maximum atomic E-state index is 11.3. The van der Waals surface area contributed by atoms with Crippen LogP contribution in [0.15, 0.2) is 18.2 Å². The van der Waals surface area contributed by atoms with Crippen LogP contribution in [-0.4, -0.2) is 27.5 Å². The van der Waals surface area contributed by atoms with Crippen LogP contribution in [0.4, 0.5) is 5.69 Å². The van der Waals surface area contributed by atoms with Gasteiger partial charge in [0.1, 0.15) is 5.75 Å². The molecule has 110 valence electrons. The van der Waals surface area contributed by atoms with Gasteiger partial charge in [0.05, 0.1) is 13.2 Å². The average Bonchev–Trinajstić information content (AvgIpc) is 2.42. The van der Waals surface area contributed by atoms with Crippen LogP contribution in [0.2, 0.25) is 0 Å². The van der Waals surface area contributed by atoms with Gasteiger partial charge in [-0.15, -0.1) is 0 Å². The topological polar surface area (TPSA) is 81.7 Å². The second-order valence-electron chi connectivity index (χ2n) is 4.48. The summed E-state index contributed by atoms with van der Waals surface area (Å²) in [5.41, 5.74) is 1.93. The maximum absolute atomic E-state index is 11.3. The molecule has 1 aliphatic heterocycles. The number of ether oxygens (including phenoxy) is 1. The number of unbranched alkanes of at least 4 members (excludes halogenated alkanes) is 1. The first-order valence-corrected chi connectivity index (χ1v) is 7.57. The van der Waals surface area contributed by atoms with Crippen molar-refractivity contribution in [1.82, 2.24) is 0 Å². The van der Waals surface area contributed by atoms with E-state index in [-0.39, 0.29) is 12.5 Å². The van der Waals surface area contributed by atoms with Gasteiger partial charge in [0.25, 0.3) is 11.0 Å². The second kappa shape index (κ2) is 7.25. The van der Waals surface area contributed by atoms with E-state index in [2.05, 4.69) is 9.50 Å². The predicted octanol–water partition coefficient (Wildman–Crippen LogP) is 1.27. The zero-order valence-corrected chi connectivity index (χ0v) is 11.9. The quantitative estimate of drug-likeness (QED) is 0.585. The van der Waals surface area contributed by atoms with Crippen molar-refractivity contribution in [2.24, 2.45) is 0 Å². The first-order chi connectivity index (χ1) is 9.65. The molecule has 0 saturated carbocycles. The molecule has 2 rings (SSSR count). The highest BCUT2D eigenvalue weighted by atomic mass is 32.2. The summed E-state index contributed by atoms with van der Waals surface area (Å²) in [5.74, 6) is 0.722. The number of thiol groups is 1. The van der Waals surface area contributed by atoms with E-state index >= 15 is 0 Å². The van der Waals surface area contributed by atoms with E-state index < -0.39 is 11.0 Å². The van der Waals surface area contributed by atoms with Crippen molar-refractivity contribution < 1.29 is 22.1 Å². The van der Waals surface area contributed by atoms with Crippen LogP contribution in [0.3, 0.4) is 0 Å². The Hall–Kier alpha value is -1.60. The van der Waals surface area contributed by atoms with Crippen molar-refractivity contribution in [3.05, 3.63) is 23.8 Å². The molecular weight excluding hydrogens is 282 g/mol. The number of carbonyl (C=O) groups excluding carboxylic acids is 1. The maximum Gasteiger partial charge on any atom is 0.257 e. The van der Waals surface area contributed by atoms with Crippen molar-refractivity contribution in [3.8, 4) is 5.75 Å².